The number of aryl methyl sites for hydroxylation is 1. The maximum atomic E-state index is 12.6. The van der Waals surface area contributed by atoms with Crippen LogP contribution >= 0.6 is 15.9 Å². The molecule has 0 bridgehead atoms. The molecule has 1 aliphatic carbocycles. The van der Waals surface area contributed by atoms with Crippen LogP contribution in [0.1, 0.15) is 36.2 Å². The van der Waals surface area contributed by atoms with E-state index in [4.69, 9.17) is 0 Å². The number of hydrogen-bond donors (Lipinski definition) is 0. The molecule has 1 saturated carbocycles. The molecule has 0 aliphatic heterocycles. The van der Waals surface area contributed by atoms with E-state index in [1.54, 1.807) is 7.05 Å². The molecule has 0 N–H and O–H groups in total. The van der Waals surface area contributed by atoms with E-state index in [1.165, 1.54) is 10.9 Å². The molecule has 1 aliphatic rings. The summed E-state index contributed by atoms with van der Waals surface area (Å²) in [4.78, 5) is 12.3. The predicted octanol–water partition coefficient (Wildman–Crippen LogP) is 3.73. The van der Waals surface area contributed by atoms with Crippen molar-refractivity contribution in [3.63, 3.8) is 0 Å². The third-order valence-electron chi connectivity index (χ3n) is 3.69. The minimum Gasteiger partial charge on any atom is -0.292 e. The molecule has 0 unspecified atom stereocenters. The van der Waals surface area contributed by atoms with Gasteiger partial charge in [0.05, 0.1) is 16.6 Å². The summed E-state index contributed by atoms with van der Waals surface area (Å²) in [6.45, 7) is 0. The highest BCUT2D eigenvalue weighted by atomic mass is 79.9. The van der Waals surface area contributed by atoms with Crippen molar-refractivity contribution in [1.29, 1.82) is 0 Å². The molecule has 2 rings (SSSR count). The first-order valence-electron chi connectivity index (χ1n) is 6.09. The van der Waals surface area contributed by atoms with Crippen LogP contribution in [0.25, 0.3) is 0 Å². The molecule has 1 fully saturated rings. The summed E-state index contributed by atoms with van der Waals surface area (Å²) in [6, 6.07) is 0. The first-order valence-corrected chi connectivity index (χ1v) is 6.88. The number of carbonyl (C=O) groups excluding carboxylic acids is 1. The smallest absolute Gasteiger partial charge is 0.292 e. The average Bonchev–Trinajstić information content (AvgIpc) is 2.67. The number of carbonyl (C=O) groups is 1. The van der Waals surface area contributed by atoms with Gasteiger partial charge in [0.25, 0.3) is 0 Å². The monoisotopic (exact) mass is 338 g/mol. The Labute approximate surface area is 117 Å². The van der Waals surface area contributed by atoms with Crippen molar-refractivity contribution in [2.24, 2.45) is 18.9 Å². The number of aromatic nitrogens is 2. The van der Waals surface area contributed by atoms with Crippen molar-refractivity contribution in [2.75, 3.05) is 0 Å². The van der Waals surface area contributed by atoms with E-state index < -0.39 is 12.1 Å². The number of hydrogen-bond acceptors (Lipinski definition) is 2. The number of rotatable bonds is 2. The lowest BCUT2D eigenvalue weighted by Gasteiger charge is -2.29. The minimum absolute atomic E-state index is 0.0371. The van der Waals surface area contributed by atoms with Gasteiger partial charge in [0, 0.05) is 13.0 Å². The van der Waals surface area contributed by atoms with Gasteiger partial charge in [-0.15, -0.1) is 0 Å². The first kappa shape index (κ1) is 14.6. The highest BCUT2D eigenvalue weighted by Gasteiger charge is 2.42. The Kier molecular flexibility index (Phi) is 4.03. The molecule has 1 heterocycles. The fourth-order valence-electron chi connectivity index (χ4n) is 2.56. The zero-order chi connectivity index (χ0) is 14.2. The van der Waals surface area contributed by atoms with Crippen molar-refractivity contribution < 1.29 is 18.0 Å². The van der Waals surface area contributed by atoms with Gasteiger partial charge in [-0.05, 0) is 41.6 Å². The Morgan fingerprint density at radius 1 is 1.37 bits per heavy atom. The molecule has 0 amide bonds. The van der Waals surface area contributed by atoms with Gasteiger partial charge in [-0.3, -0.25) is 9.48 Å². The van der Waals surface area contributed by atoms with Crippen molar-refractivity contribution in [2.45, 2.75) is 31.9 Å². The van der Waals surface area contributed by atoms with Crippen molar-refractivity contribution in [3.8, 4) is 0 Å². The third kappa shape index (κ3) is 3.01. The van der Waals surface area contributed by atoms with E-state index in [0.717, 1.165) is 0 Å². The van der Waals surface area contributed by atoms with Crippen LogP contribution in [0.5, 0.6) is 0 Å². The van der Waals surface area contributed by atoms with E-state index in [2.05, 4.69) is 21.0 Å². The highest BCUT2D eigenvalue weighted by Crippen LogP contribution is 2.40. The van der Waals surface area contributed by atoms with Crippen LogP contribution in [0.15, 0.2) is 10.7 Å². The summed E-state index contributed by atoms with van der Waals surface area (Å²) in [7, 11) is 1.65. The summed E-state index contributed by atoms with van der Waals surface area (Å²) >= 11 is 3.24. The molecular weight excluding hydrogens is 325 g/mol. The van der Waals surface area contributed by atoms with Gasteiger partial charge >= 0.3 is 6.18 Å². The molecule has 106 valence electrons. The summed E-state index contributed by atoms with van der Waals surface area (Å²) in [5.41, 5.74) is 0.440. The van der Waals surface area contributed by atoms with Gasteiger partial charge in [0.2, 0.25) is 0 Å². The van der Waals surface area contributed by atoms with E-state index in [9.17, 15) is 18.0 Å². The van der Waals surface area contributed by atoms with Gasteiger partial charge in [0.15, 0.2) is 5.78 Å². The Balaban J connectivity index is 2.04. The first-order chi connectivity index (χ1) is 8.80. The molecule has 19 heavy (non-hydrogen) atoms. The van der Waals surface area contributed by atoms with Gasteiger partial charge in [-0.25, -0.2) is 0 Å². The second-order valence-corrected chi connectivity index (χ2v) is 5.77. The normalized spacial score (nSPS) is 24.5. The molecule has 0 radical (unpaired) electrons. The van der Waals surface area contributed by atoms with Crippen LogP contribution < -0.4 is 0 Å². The van der Waals surface area contributed by atoms with Crippen LogP contribution in [0.2, 0.25) is 0 Å². The maximum Gasteiger partial charge on any atom is 0.391 e. The zero-order valence-corrected chi connectivity index (χ0v) is 12.0. The van der Waals surface area contributed by atoms with Crippen molar-refractivity contribution in [1.82, 2.24) is 9.78 Å². The zero-order valence-electron chi connectivity index (χ0n) is 10.4. The Morgan fingerprint density at radius 2 is 1.95 bits per heavy atom. The topological polar surface area (TPSA) is 34.9 Å². The second kappa shape index (κ2) is 5.26. The van der Waals surface area contributed by atoms with E-state index in [1.807, 2.05) is 0 Å². The Morgan fingerprint density at radius 3 is 2.37 bits per heavy atom. The molecule has 0 spiro atoms. The quantitative estimate of drug-likeness (QED) is 0.770. The summed E-state index contributed by atoms with van der Waals surface area (Å²) in [5.74, 6) is -1.70. The fourth-order valence-corrected chi connectivity index (χ4v) is 3.11. The summed E-state index contributed by atoms with van der Waals surface area (Å²) < 4.78 is 39.7. The molecule has 0 saturated heterocycles. The third-order valence-corrected chi connectivity index (χ3v) is 4.27. The van der Waals surface area contributed by atoms with Crippen LogP contribution in [0, 0.1) is 11.8 Å². The predicted molar refractivity (Wildman–Crippen MR) is 66.7 cm³/mol. The molecule has 3 nitrogen and oxygen atoms in total. The minimum atomic E-state index is -4.14. The van der Waals surface area contributed by atoms with Crippen LogP contribution in [0.4, 0.5) is 13.2 Å². The van der Waals surface area contributed by atoms with Crippen molar-refractivity contribution in [3.05, 3.63) is 16.4 Å². The standard InChI is InChI=1S/C12H14BrF3N2O/c1-18-10(9(13)6-17-18)11(19)7-2-4-8(5-3-7)12(14,15)16/h6-8H,2-5H2,1H3. The SMILES string of the molecule is Cn1ncc(Br)c1C(=O)C1CCC(C(F)(F)F)CC1. The van der Waals surface area contributed by atoms with E-state index >= 15 is 0 Å². The van der Waals surface area contributed by atoms with Gasteiger partial charge < -0.3 is 0 Å². The molecule has 1 aromatic heterocycles. The van der Waals surface area contributed by atoms with E-state index in [0.29, 0.717) is 23.0 Å². The molecule has 1 aromatic rings. The van der Waals surface area contributed by atoms with Gasteiger partial charge in [-0.1, -0.05) is 0 Å². The fraction of sp³-hybridized carbons (Fsp3) is 0.667. The molecule has 0 aromatic carbocycles. The number of halogens is 4. The number of nitrogens with zero attached hydrogens (tertiary/aromatic N) is 2. The number of alkyl halides is 3. The Hall–Kier alpha value is -0.850. The summed E-state index contributed by atoms with van der Waals surface area (Å²) in [5, 5.41) is 3.96. The maximum absolute atomic E-state index is 12.6. The van der Waals surface area contributed by atoms with Crippen LogP contribution in [-0.2, 0) is 7.05 Å². The molecular formula is C12H14BrF3N2O. The summed E-state index contributed by atoms with van der Waals surface area (Å²) in [6.07, 6.45) is -1.96. The molecule has 0 atom stereocenters. The van der Waals surface area contributed by atoms with E-state index in [-0.39, 0.29) is 24.5 Å². The van der Waals surface area contributed by atoms with Crippen LogP contribution in [0.3, 0.4) is 0 Å². The molecule has 7 heteroatoms. The van der Waals surface area contributed by atoms with Gasteiger partial charge in [0.1, 0.15) is 5.69 Å². The number of Topliss-reactive ketones (excluding diaryl/α,β-unsaturated/α-hetero) is 1. The average molecular weight is 339 g/mol. The number of ketones is 1. The highest BCUT2D eigenvalue weighted by molar-refractivity contribution is 9.10. The van der Waals surface area contributed by atoms with Gasteiger partial charge in [-0.2, -0.15) is 18.3 Å². The largest absolute Gasteiger partial charge is 0.391 e. The van der Waals surface area contributed by atoms with Crippen LogP contribution in [-0.4, -0.2) is 21.7 Å². The second-order valence-electron chi connectivity index (χ2n) is 4.92. The lowest BCUT2D eigenvalue weighted by molar-refractivity contribution is -0.183. The lowest BCUT2D eigenvalue weighted by Crippen LogP contribution is -2.31. The lowest BCUT2D eigenvalue weighted by atomic mass is 9.79. The van der Waals surface area contributed by atoms with Crippen molar-refractivity contribution >= 4 is 21.7 Å². The Bertz CT molecular complexity index is 456.